The highest BCUT2D eigenvalue weighted by atomic mass is 35.5. The van der Waals surface area contributed by atoms with Gasteiger partial charge in [-0.25, -0.2) is 0 Å². The Morgan fingerprint density at radius 1 is 0.788 bits per heavy atom. The molecule has 0 bridgehead atoms. The number of nitrogens with zero attached hydrogens (tertiary/aromatic N) is 1. The zero-order chi connectivity index (χ0) is 23.6. The van der Waals surface area contributed by atoms with Crippen LogP contribution < -0.4 is 21.3 Å². The van der Waals surface area contributed by atoms with Crippen molar-refractivity contribution >= 4 is 52.1 Å². The number of hydrogen-bond acceptors (Lipinski definition) is 4. The summed E-state index contributed by atoms with van der Waals surface area (Å²) < 4.78 is 0. The largest absolute Gasteiger partial charge is 0.397 e. The van der Waals surface area contributed by atoms with Crippen molar-refractivity contribution in [1.82, 2.24) is 5.32 Å². The minimum absolute atomic E-state index is 0.177. The maximum absolute atomic E-state index is 12.5. The maximum atomic E-state index is 12.5. The molecule has 3 rings (SSSR count). The van der Waals surface area contributed by atoms with Gasteiger partial charge in [0.1, 0.15) is 0 Å². The van der Waals surface area contributed by atoms with Crippen LogP contribution in [0.15, 0.2) is 72.8 Å². The van der Waals surface area contributed by atoms with Crippen molar-refractivity contribution in [2.24, 2.45) is 0 Å². The first-order chi connectivity index (χ1) is 16.0. The van der Waals surface area contributed by atoms with Gasteiger partial charge in [-0.05, 0) is 54.1 Å². The molecular formula is C25H26Cl2N4O2. The average Bonchev–Trinajstić information content (AvgIpc) is 2.84. The third-order valence-corrected chi connectivity index (χ3v) is 5.42. The predicted octanol–water partition coefficient (Wildman–Crippen LogP) is 4.74. The lowest BCUT2D eigenvalue weighted by Gasteiger charge is -2.22. The first-order valence-electron chi connectivity index (χ1n) is 10.5. The van der Waals surface area contributed by atoms with Gasteiger partial charge in [0.2, 0.25) is 0 Å². The Kier molecular flexibility index (Phi) is 8.98. The van der Waals surface area contributed by atoms with Crippen molar-refractivity contribution in [1.29, 1.82) is 0 Å². The molecule has 0 heterocycles. The number of nitrogens with two attached hydrogens (primary N) is 1. The summed E-state index contributed by atoms with van der Waals surface area (Å²) in [5.41, 5.74) is 9.86. The lowest BCUT2D eigenvalue weighted by atomic mass is 10.1. The zero-order valence-electron chi connectivity index (χ0n) is 18.1. The van der Waals surface area contributed by atoms with E-state index in [-0.39, 0.29) is 11.8 Å². The number of nitrogens with one attached hydrogen (secondary N) is 2. The van der Waals surface area contributed by atoms with E-state index in [0.29, 0.717) is 53.9 Å². The van der Waals surface area contributed by atoms with Crippen molar-refractivity contribution in [2.45, 2.75) is 6.54 Å². The van der Waals surface area contributed by atoms with E-state index in [9.17, 15) is 9.59 Å². The Morgan fingerprint density at radius 3 is 1.97 bits per heavy atom. The summed E-state index contributed by atoms with van der Waals surface area (Å²) in [7, 11) is 0. The second-order valence-corrected chi connectivity index (χ2v) is 8.09. The Balaban J connectivity index is 1.55. The molecule has 172 valence electrons. The molecule has 0 saturated carbocycles. The number of para-hydroxylation sites is 2. The minimum atomic E-state index is -0.249. The second kappa shape index (κ2) is 12.1. The van der Waals surface area contributed by atoms with Gasteiger partial charge < -0.3 is 21.3 Å². The van der Waals surface area contributed by atoms with Crippen LogP contribution >= 0.6 is 23.2 Å². The van der Waals surface area contributed by atoms with Crippen LogP contribution in [0.3, 0.4) is 0 Å². The van der Waals surface area contributed by atoms with E-state index in [1.165, 1.54) is 0 Å². The molecule has 4 N–H and O–H groups in total. The number of alkyl halides is 2. The quantitative estimate of drug-likeness (QED) is 0.286. The number of benzene rings is 3. The number of amides is 2. The van der Waals surface area contributed by atoms with Gasteiger partial charge >= 0.3 is 0 Å². The van der Waals surface area contributed by atoms with Gasteiger partial charge in [-0.3, -0.25) is 9.59 Å². The van der Waals surface area contributed by atoms with Crippen LogP contribution in [0.5, 0.6) is 0 Å². The summed E-state index contributed by atoms with van der Waals surface area (Å²) in [5.74, 6) is 0.574. The van der Waals surface area contributed by atoms with Gasteiger partial charge in [0.05, 0.1) is 11.4 Å². The molecule has 0 aromatic heterocycles. The van der Waals surface area contributed by atoms with E-state index in [1.807, 2.05) is 24.3 Å². The van der Waals surface area contributed by atoms with Crippen LogP contribution in [-0.2, 0) is 6.54 Å². The van der Waals surface area contributed by atoms with E-state index >= 15 is 0 Å². The summed E-state index contributed by atoms with van der Waals surface area (Å²) in [4.78, 5) is 27.0. The van der Waals surface area contributed by atoms with Crippen molar-refractivity contribution in [3.8, 4) is 0 Å². The monoisotopic (exact) mass is 484 g/mol. The second-order valence-electron chi connectivity index (χ2n) is 7.33. The molecule has 0 unspecified atom stereocenters. The van der Waals surface area contributed by atoms with Gasteiger partial charge in [-0.2, -0.15) is 0 Å². The standard InChI is InChI=1S/C25H26Cl2N4O2/c26-13-15-31(16-14-27)21-11-9-19(10-12-21)24(32)29-17-18-5-7-20(8-6-18)25(33)30-23-4-2-1-3-22(23)28/h1-12H,13-17,28H2,(H,29,32)(H,30,33). The molecule has 0 aliphatic carbocycles. The third kappa shape index (κ3) is 6.88. The summed E-state index contributed by atoms with van der Waals surface area (Å²) in [6.07, 6.45) is 0. The van der Waals surface area contributed by atoms with Crippen LogP contribution in [0.25, 0.3) is 0 Å². The van der Waals surface area contributed by atoms with Crippen molar-refractivity contribution in [2.75, 3.05) is 40.8 Å². The molecule has 6 nitrogen and oxygen atoms in total. The number of nitrogen functional groups attached to an aromatic ring is 1. The summed E-state index contributed by atoms with van der Waals surface area (Å²) in [6, 6.07) is 21.5. The molecule has 0 radical (unpaired) electrons. The molecule has 3 aromatic rings. The predicted molar refractivity (Wildman–Crippen MR) is 137 cm³/mol. The molecule has 3 aromatic carbocycles. The van der Waals surface area contributed by atoms with E-state index < -0.39 is 0 Å². The number of carbonyl (C=O) groups is 2. The fourth-order valence-corrected chi connectivity index (χ4v) is 3.67. The molecule has 0 aliphatic rings. The topological polar surface area (TPSA) is 87.5 Å². The highest BCUT2D eigenvalue weighted by molar-refractivity contribution is 6.18. The average molecular weight is 485 g/mol. The maximum Gasteiger partial charge on any atom is 0.255 e. The minimum Gasteiger partial charge on any atom is -0.397 e. The van der Waals surface area contributed by atoms with E-state index in [1.54, 1.807) is 48.5 Å². The first-order valence-corrected chi connectivity index (χ1v) is 11.6. The highest BCUT2D eigenvalue weighted by Crippen LogP contribution is 2.18. The number of anilines is 3. The van der Waals surface area contributed by atoms with Crippen molar-refractivity contribution < 1.29 is 9.59 Å². The number of rotatable bonds is 10. The molecule has 0 spiro atoms. The number of hydrogen-bond donors (Lipinski definition) is 3. The van der Waals surface area contributed by atoms with Gasteiger partial charge in [-0.15, -0.1) is 23.2 Å². The SMILES string of the molecule is Nc1ccccc1NC(=O)c1ccc(CNC(=O)c2ccc(N(CCCl)CCCl)cc2)cc1. The van der Waals surface area contributed by atoms with E-state index in [4.69, 9.17) is 28.9 Å². The summed E-state index contributed by atoms with van der Waals surface area (Å²) in [5, 5.41) is 5.69. The van der Waals surface area contributed by atoms with Crippen LogP contribution in [0.1, 0.15) is 26.3 Å². The molecule has 0 atom stereocenters. The van der Waals surface area contributed by atoms with Gasteiger partial charge in [0, 0.05) is 48.2 Å². The summed E-state index contributed by atoms with van der Waals surface area (Å²) in [6.45, 7) is 1.72. The zero-order valence-corrected chi connectivity index (χ0v) is 19.6. The number of halogens is 2. The highest BCUT2D eigenvalue weighted by Gasteiger charge is 2.10. The molecular weight excluding hydrogens is 459 g/mol. The van der Waals surface area contributed by atoms with Crippen LogP contribution in [0.4, 0.5) is 17.1 Å². The third-order valence-electron chi connectivity index (χ3n) is 5.08. The molecule has 0 saturated heterocycles. The smallest absolute Gasteiger partial charge is 0.255 e. The molecule has 2 amide bonds. The van der Waals surface area contributed by atoms with Gasteiger partial charge in [0.15, 0.2) is 0 Å². The van der Waals surface area contributed by atoms with Crippen LogP contribution in [-0.4, -0.2) is 36.7 Å². The lowest BCUT2D eigenvalue weighted by molar-refractivity contribution is 0.0950. The fraction of sp³-hybridized carbons (Fsp3) is 0.200. The Bertz CT molecular complexity index is 1070. The van der Waals surface area contributed by atoms with Crippen LogP contribution in [0, 0.1) is 0 Å². The fourth-order valence-electron chi connectivity index (χ4n) is 3.26. The van der Waals surface area contributed by atoms with Crippen molar-refractivity contribution in [3.63, 3.8) is 0 Å². The van der Waals surface area contributed by atoms with Crippen LogP contribution in [0.2, 0.25) is 0 Å². The Morgan fingerprint density at radius 2 is 1.36 bits per heavy atom. The lowest BCUT2D eigenvalue weighted by Crippen LogP contribution is -2.27. The summed E-state index contributed by atoms with van der Waals surface area (Å²) >= 11 is 11.7. The number of carbonyl (C=O) groups excluding carboxylic acids is 2. The Labute approximate surface area is 203 Å². The van der Waals surface area contributed by atoms with Gasteiger partial charge in [0.25, 0.3) is 11.8 Å². The normalized spacial score (nSPS) is 10.5. The van der Waals surface area contributed by atoms with E-state index in [0.717, 1.165) is 11.3 Å². The molecule has 8 heteroatoms. The van der Waals surface area contributed by atoms with E-state index in [2.05, 4.69) is 15.5 Å². The Hall–Kier alpha value is -3.22. The van der Waals surface area contributed by atoms with Gasteiger partial charge in [-0.1, -0.05) is 24.3 Å². The first kappa shape index (κ1) is 24.4. The molecule has 0 aliphatic heterocycles. The molecule has 33 heavy (non-hydrogen) atoms. The molecule has 0 fully saturated rings. The van der Waals surface area contributed by atoms with Crippen molar-refractivity contribution in [3.05, 3.63) is 89.5 Å².